The molecule has 1 aromatic heterocycles. The van der Waals surface area contributed by atoms with Crippen LogP contribution < -0.4 is 0 Å². The zero-order valence-electron chi connectivity index (χ0n) is 6.82. The van der Waals surface area contributed by atoms with Gasteiger partial charge in [-0.3, -0.25) is 4.68 Å². The summed E-state index contributed by atoms with van der Waals surface area (Å²) in [7, 11) is 1.71. The smallest absolute Gasteiger partial charge is 0.339 e. The fourth-order valence-corrected chi connectivity index (χ4v) is 1.02. The number of carbonyl (C=O) groups is 1. The summed E-state index contributed by atoms with van der Waals surface area (Å²) < 4.78 is 1.55. The number of aromatic nitrogens is 2. The number of allylic oxidation sites excluding steroid dienone is 1. The lowest BCUT2D eigenvalue weighted by Crippen LogP contribution is -2.03. The summed E-state index contributed by atoms with van der Waals surface area (Å²) in [6.45, 7) is 3.54. The summed E-state index contributed by atoms with van der Waals surface area (Å²) in [6, 6.07) is 0. The molecule has 0 aliphatic heterocycles. The van der Waals surface area contributed by atoms with E-state index in [0.717, 1.165) is 0 Å². The fourth-order valence-electron chi connectivity index (χ4n) is 1.02. The van der Waals surface area contributed by atoms with Crippen molar-refractivity contribution in [1.29, 1.82) is 0 Å². The number of nitrogens with zero attached hydrogens (tertiary/aromatic N) is 2. The first-order chi connectivity index (χ1) is 5.66. The molecule has 0 saturated carbocycles. The summed E-state index contributed by atoms with van der Waals surface area (Å²) >= 11 is 0. The molecule has 0 aromatic carbocycles. The highest BCUT2D eigenvalue weighted by Crippen LogP contribution is 2.08. The lowest BCUT2D eigenvalue weighted by Gasteiger charge is -1.98. The average molecular weight is 166 g/mol. The van der Waals surface area contributed by atoms with E-state index in [2.05, 4.69) is 11.7 Å². The third-order valence-electron chi connectivity index (χ3n) is 1.63. The van der Waals surface area contributed by atoms with E-state index in [-0.39, 0.29) is 5.56 Å². The summed E-state index contributed by atoms with van der Waals surface area (Å²) in [5, 5.41) is 12.6. The lowest BCUT2D eigenvalue weighted by molar-refractivity contribution is 0.0695. The molecule has 1 aromatic rings. The zero-order chi connectivity index (χ0) is 9.14. The number of hydrogen-bond donors (Lipinski definition) is 1. The minimum absolute atomic E-state index is 0.248. The van der Waals surface area contributed by atoms with Gasteiger partial charge in [0, 0.05) is 13.5 Å². The number of rotatable bonds is 3. The maximum absolute atomic E-state index is 10.6. The lowest BCUT2D eigenvalue weighted by atomic mass is 10.2. The van der Waals surface area contributed by atoms with E-state index in [1.165, 1.54) is 6.20 Å². The average Bonchev–Trinajstić information content (AvgIpc) is 2.34. The minimum atomic E-state index is -0.944. The number of carboxylic acids is 1. The van der Waals surface area contributed by atoms with Crippen LogP contribution in [0.3, 0.4) is 0 Å². The van der Waals surface area contributed by atoms with Crippen LogP contribution in [-0.2, 0) is 13.5 Å². The molecule has 0 saturated heterocycles. The largest absolute Gasteiger partial charge is 0.478 e. The van der Waals surface area contributed by atoms with Gasteiger partial charge in [-0.2, -0.15) is 5.10 Å². The van der Waals surface area contributed by atoms with E-state index in [4.69, 9.17) is 5.11 Å². The van der Waals surface area contributed by atoms with Gasteiger partial charge in [-0.15, -0.1) is 6.58 Å². The van der Waals surface area contributed by atoms with Gasteiger partial charge in [0.1, 0.15) is 5.56 Å². The van der Waals surface area contributed by atoms with Crippen molar-refractivity contribution in [3.05, 3.63) is 30.1 Å². The van der Waals surface area contributed by atoms with Gasteiger partial charge in [-0.1, -0.05) is 6.08 Å². The van der Waals surface area contributed by atoms with Crippen LogP contribution in [-0.4, -0.2) is 20.9 Å². The minimum Gasteiger partial charge on any atom is -0.478 e. The molecule has 0 fully saturated rings. The SMILES string of the molecule is C=CCc1c(C(=O)O)cnn1C. The second-order valence-corrected chi connectivity index (χ2v) is 2.43. The third-order valence-corrected chi connectivity index (χ3v) is 1.63. The van der Waals surface area contributed by atoms with Crippen molar-refractivity contribution in [2.24, 2.45) is 7.05 Å². The van der Waals surface area contributed by atoms with Crippen LogP contribution in [0.5, 0.6) is 0 Å². The van der Waals surface area contributed by atoms with Gasteiger partial charge in [0.25, 0.3) is 0 Å². The molecule has 1 heterocycles. The van der Waals surface area contributed by atoms with Crippen molar-refractivity contribution < 1.29 is 9.90 Å². The Labute approximate surface area is 70.1 Å². The topological polar surface area (TPSA) is 55.1 Å². The Morgan fingerprint density at radius 3 is 3.08 bits per heavy atom. The van der Waals surface area contributed by atoms with Crippen LogP contribution in [0.2, 0.25) is 0 Å². The zero-order valence-corrected chi connectivity index (χ0v) is 6.82. The van der Waals surface area contributed by atoms with Crippen molar-refractivity contribution in [3.8, 4) is 0 Å². The molecule has 0 radical (unpaired) electrons. The molecule has 0 amide bonds. The molecule has 0 atom stereocenters. The van der Waals surface area contributed by atoms with Crippen LogP contribution in [0.1, 0.15) is 16.1 Å². The van der Waals surface area contributed by atoms with Crippen LogP contribution in [0.4, 0.5) is 0 Å². The molecule has 0 spiro atoms. The summed E-state index contributed by atoms with van der Waals surface area (Å²) in [4.78, 5) is 10.6. The molecule has 1 rings (SSSR count). The van der Waals surface area contributed by atoms with Crippen LogP contribution >= 0.6 is 0 Å². The van der Waals surface area contributed by atoms with E-state index >= 15 is 0 Å². The summed E-state index contributed by atoms with van der Waals surface area (Å²) in [5.74, 6) is -0.944. The Hall–Kier alpha value is -1.58. The van der Waals surface area contributed by atoms with Gasteiger partial charge in [0.05, 0.1) is 11.9 Å². The van der Waals surface area contributed by atoms with Crippen molar-refractivity contribution >= 4 is 5.97 Å². The Morgan fingerprint density at radius 2 is 2.58 bits per heavy atom. The van der Waals surface area contributed by atoms with Crippen LogP contribution in [0.25, 0.3) is 0 Å². The van der Waals surface area contributed by atoms with Crippen molar-refractivity contribution in [2.45, 2.75) is 6.42 Å². The van der Waals surface area contributed by atoms with Gasteiger partial charge >= 0.3 is 5.97 Å². The van der Waals surface area contributed by atoms with Crippen LogP contribution in [0.15, 0.2) is 18.9 Å². The number of carboxylic acid groups (broad SMARTS) is 1. The van der Waals surface area contributed by atoms with Gasteiger partial charge in [0.15, 0.2) is 0 Å². The molecule has 0 unspecified atom stereocenters. The molecular weight excluding hydrogens is 156 g/mol. The molecule has 4 nitrogen and oxygen atoms in total. The van der Waals surface area contributed by atoms with Crippen LogP contribution in [0, 0.1) is 0 Å². The van der Waals surface area contributed by atoms with Crippen molar-refractivity contribution in [2.75, 3.05) is 0 Å². The van der Waals surface area contributed by atoms with Crippen molar-refractivity contribution in [3.63, 3.8) is 0 Å². The number of hydrogen-bond acceptors (Lipinski definition) is 2. The molecule has 0 aliphatic rings. The van der Waals surface area contributed by atoms with Gasteiger partial charge in [0.2, 0.25) is 0 Å². The normalized spacial score (nSPS) is 9.75. The van der Waals surface area contributed by atoms with E-state index in [0.29, 0.717) is 12.1 Å². The molecule has 64 valence electrons. The predicted octanol–water partition coefficient (Wildman–Crippen LogP) is 0.847. The molecule has 0 aliphatic carbocycles. The van der Waals surface area contributed by atoms with E-state index in [9.17, 15) is 4.79 Å². The Kier molecular flexibility index (Phi) is 2.28. The molecule has 4 heteroatoms. The molecule has 1 N–H and O–H groups in total. The van der Waals surface area contributed by atoms with Gasteiger partial charge in [-0.25, -0.2) is 4.79 Å². The maximum atomic E-state index is 10.6. The predicted molar refractivity (Wildman–Crippen MR) is 44.1 cm³/mol. The number of aromatic carboxylic acids is 1. The quantitative estimate of drug-likeness (QED) is 0.677. The first-order valence-electron chi connectivity index (χ1n) is 3.52. The van der Waals surface area contributed by atoms with E-state index in [1.54, 1.807) is 17.8 Å². The van der Waals surface area contributed by atoms with Gasteiger partial charge < -0.3 is 5.11 Å². The molecular formula is C8H10N2O2. The van der Waals surface area contributed by atoms with E-state index < -0.39 is 5.97 Å². The maximum Gasteiger partial charge on any atom is 0.339 e. The monoisotopic (exact) mass is 166 g/mol. The highest BCUT2D eigenvalue weighted by atomic mass is 16.4. The first-order valence-corrected chi connectivity index (χ1v) is 3.52. The summed E-state index contributed by atoms with van der Waals surface area (Å²) in [5.41, 5.74) is 0.926. The first kappa shape index (κ1) is 8.52. The van der Waals surface area contributed by atoms with Crippen molar-refractivity contribution in [1.82, 2.24) is 9.78 Å². The Morgan fingerprint density at radius 1 is 1.92 bits per heavy atom. The Balaban J connectivity index is 3.11. The highest BCUT2D eigenvalue weighted by molar-refractivity contribution is 5.88. The third kappa shape index (κ3) is 1.37. The van der Waals surface area contributed by atoms with Gasteiger partial charge in [-0.05, 0) is 0 Å². The molecule has 12 heavy (non-hydrogen) atoms. The standard InChI is InChI=1S/C8H10N2O2/c1-3-4-7-6(8(11)12)5-9-10(7)2/h3,5H,1,4H2,2H3,(H,11,12). The van der Waals surface area contributed by atoms with E-state index in [1.807, 2.05) is 0 Å². The molecule has 0 bridgehead atoms. The second-order valence-electron chi connectivity index (χ2n) is 2.43. The highest BCUT2D eigenvalue weighted by Gasteiger charge is 2.12. The summed E-state index contributed by atoms with van der Waals surface area (Å²) in [6.07, 6.45) is 3.53. The number of aryl methyl sites for hydroxylation is 1. The fraction of sp³-hybridized carbons (Fsp3) is 0.250. The Bertz CT molecular complexity index is 315. The second kappa shape index (κ2) is 3.21.